The number of rotatable bonds is 1. The van der Waals surface area contributed by atoms with E-state index >= 15 is 0 Å². The maximum absolute atomic E-state index is 13.5. The quantitative estimate of drug-likeness (QED) is 0.483. The molecule has 0 spiro atoms. The Bertz CT molecular complexity index is 771. The minimum absolute atomic E-state index is 1.60. The van der Waals surface area contributed by atoms with Crippen LogP contribution < -0.4 is 0 Å². The molecule has 2 aromatic rings. The summed E-state index contributed by atoms with van der Waals surface area (Å²) in [7, 11) is 0. The molecular weight excluding hydrogens is 294 g/mol. The van der Waals surface area contributed by atoms with Crippen LogP contribution >= 0.6 is 0 Å². The molecule has 2 aromatic carbocycles. The summed E-state index contributed by atoms with van der Waals surface area (Å²) >= 11 is 0. The van der Waals surface area contributed by atoms with Crippen LogP contribution in [0.3, 0.4) is 0 Å². The first-order chi connectivity index (χ1) is 9.20. The fourth-order valence-corrected chi connectivity index (χ4v) is 1.70. The smallest absolute Gasteiger partial charge is 0.342 e. The number of carbonyl (C=O) groups is 1. The van der Waals surface area contributed by atoms with E-state index in [1.54, 1.807) is 0 Å². The molecule has 0 radical (unpaired) electrons. The number of phenols is 1. The van der Waals surface area contributed by atoms with Crippen molar-refractivity contribution in [2.45, 2.75) is 0 Å². The Morgan fingerprint density at radius 3 is 1.55 bits per heavy atom. The highest BCUT2D eigenvalue weighted by Crippen LogP contribution is 2.38. The topological polar surface area (TPSA) is 57.5 Å². The standard InChI is InChI=1S/C11H2F6O3/c12-4-1-2(6(14)9(17)8(16)5(1)13)10(18)3(7(4)15)11(19)20/h18H,(H,19,20). The van der Waals surface area contributed by atoms with E-state index in [0.29, 0.717) is 0 Å². The van der Waals surface area contributed by atoms with Crippen molar-refractivity contribution in [2.75, 3.05) is 0 Å². The van der Waals surface area contributed by atoms with E-state index in [4.69, 9.17) is 5.11 Å². The first-order valence-electron chi connectivity index (χ1n) is 4.79. The molecule has 2 N–H and O–H groups in total. The van der Waals surface area contributed by atoms with E-state index in [0.717, 1.165) is 0 Å². The number of hydrogen-bond donors (Lipinski definition) is 2. The Balaban J connectivity index is 3.21. The number of benzene rings is 2. The maximum atomic E-state index is 13.5. The summed E-state index contributed by atoms with van der Waals surface area (Å²) < 4.78 is 79.6. The average Bonchev–Trinajstić information content (AvgIpc) is 2.37. The lowest BCUT2D eigenvalue weighted by atomic mass is 10.0. The molecule has 9 heteroatoms. The summed E-state index contributed by atoms with van der Waals surface area (Å²) in [6, 6.07) is 0. The molecule has 0 unspecified atom stereocenters. The van der Waals surface area contributed by atoms with Crippen molar-refractivity contribution in [3.05, 3.63) is 40.5 Å². The average molecular weight is 296 g/mol. The molecule has 0 atom stereocenters. The summed E-state index contributed by atoms with van der Waals surface area (Å²) in [5.74, 6) is -17.8. The van der Waals surface area contributed by atoms with Crippen molar-refractivity contribution >= 4 is 16.7 Å². The van der Waals surface area contributed by atoms with Crippen LogP contribution in [-0.4, -0.2) is 16.2 Å². The molecule has 0 aliphatic rings. The van der Waals surface area contributed by atoms with Gasteiger partial charge in [-0.25, -0.2) is 31.1 Å². The van der Waals surface area contributed by atoms with Crippen molar-refractivity contribution < 1.29 is 41.4 Å². The van der Waals surface area contributed by atoms with Gasteiger partial charge in [-0.3, -0.25) is 0 Å². The lowest BCUT2D eigenvalue weighted by molar-refractivity contribution is 0.0687. The highest BCUT2D eigenvalue weighted by Gasteiger charge is 2.32. The van der Waals surface area contributed by atoms with Gasteiger partial charge in [0.25, 0.3) is 0 Å². The van der Waals surface area contributed by atoms with Crippen LogP contribution in [0.15, 0.2) is 0 Å². The Morgan fingerprint density at radius 2 is 1.10 bits per heavy atom. The molecule has 0 saturated heterocycles. The van der Waals surface area contributed by atoms with Crippen LogP contribution in [0.2, 0.25) is 0 Å². The van der Waals surface area contributed by atoms with E-state index in [2.05, 4.69) is 0 Å². The maximum Gasteiger partial charge on any atom is 0.342 e. The Kier molecular flexibility index (Phi) is 2.99. The molecule has 0 aliphatic heterocycles. The second-order valence-electron chi connectivity index (χ2n) is 3.66. The molecule has 106 valence electrons. The van der Waals surface area contributed by atoms with Crippen molar-refractivity contribution in [3.8, 4) is 5.75 Å². The Hall–Kier alpha value is -2.45. The number of hydrogen-bond acceptors (Lipinski definition) is 2. The van der Waals surface area contributed by atoms with Gasteiger partial charge in [0.1, 0.15) is 11.3 Å². The van der Waals surface area contributed by atoms with E-state index in [9.17, 15) is 36.2 Å². The second-order valence-corrected chi connectivity index (χ2v) is 3.66. The van der Waals surface area contributed by atoms with Crippen molar-refractivity contribution in [1.82, 2.24) is 0 Å². The molecule has 0 aliphatic carbocycles. The zero-order chi connectivity index (χ0) is 15.4. The Morgan fingerprint density at radius 1 is 0.700 bits per heavy atom. The number of halogens is 6. The molecule has 0 fully saturated rings. The Labute approximate surface area is 105 Å². The van der Waals surface area contributed by atoms with Gasteiger partial charge in [0.05, 0.1) is 10.8 Å². The predicted octanol–water partition coefficient (Wildman–Crippen LogP) is 3.08. The predicted molar refractivity (Wildman–Crippen MR) is 52.3 cm³/mol. The number of aromatic carboxylic acids is 1. The fourth-order valence-electron chi connectivity index (χ4n) is 1.70. The number of carboxylic acids is 1. The third-order valence-electron chi connectivity index (χ3n) is 2.59. The van der Waals surface area contributed by atoms with E-state index in [1.807, 2.05) is 0 Å². The lowest BCUT2D eigenvalue weighted by Gasteiger charge is -2.11. The molecule has 0 heterocycles. The minimum Gasteiger partial charge on any atom is -0.506 e. The lowest BCUT2D eigenvalue weighted by Crippen LogP contribution is -2.08. The molecule has 2 rings (SSSR count). The van der Waals surface area contributed by atoms with Crippen molar-refractivity contribution in [2.24, 2.45) is 0 Å². The minimum atomic E-state index is -2.42. The third kappa shape index (κ3) is 1.59. The van der Waals surface area contributed by atoms with Gasteiger partial charge in [-0.1, -0.05) is 0 Å². The summed E-state index contributed by atoms with van der Waals surface area (Å²) in [6.07, 6.45) is 0. The molecular formula is C11H2F6O3. The largest absolute Gasteiger partial charge is 0.506 e. The summed E-state index contributed by atoms with van der Waals surface area (Å²) in [4.78, 5) is 10.6. The van der Waals surface area contributed by atoms with Crippen LogP contribution in [0.1, 0.15) is 10.4 Å². The first kappa shape index (κ1) is 14.0. The zero-order valence-electron chi connectivity index (χ0n) is 9.07. The number of aromatic hydroxyl groups is 1. The van der Waals surface area contributed by atoms with Gasteiger partial charge in [0.2, 0.25) is 0 Å². The number of carboxylic acid groups (broad SMARTS) is 1. The highest BCUT2D eigenvalue weighted by molar-refractivity contribution is 6.01. The van der Waals surface area contributed by atoms with Crippen LogP contribution in [-0.2, 0) is 0 Å². The monoisotopic (exact) mass is 296 g/mol. The van der Waals surface area contributed by atoms with E-state index < -0.39 is 63.0 Å². The molecule has 0 amide bonds. The van der Waals surface area contributed by atoms with Gasteiger partial charge >= 0.3 is 5.97 Å². The summed E-state index contributed by atoms with van der Waals surface area (Å²) in [5, 5.41) is 14.6. The zero-order valence-corrected chi connectivity index (χ0v) is 9.07. The molecule has 3 nitrogen and oxygen atoms in total. The fraction of sp³-hybridized carbons (Fsp3) is 0. The summed E-state index contributed by atoms with van der Waals surface area (Å²) in [6.45, 7) is 0. The molecule has 0 saturated carbocycles. The first-order valence-corrected chi connectivity index (χ1v) is 4.79. The van der Waals surface area contributed by atoms with Crippen molar-refractivity contribution in [1.29, 1.82) is 0 Å². The molecule has 20 heavy (non-hydrogen) atoms. The van der Waals surface area contributed by atoms with Gasteiger partial charge in [-0.05, 0) is 0 Å². The molecule has 0 bridgehead atoms. The van der Waals surface area contributed by atoms with Gasteiger partial charge in [0.15, 0.2) is 34.9 Å². The van der Waals surface area contributed by atoms with Crippen molar-refractivity contribution in [3.63, 3.8) is 0 Å². The number of fused-ring (bicyclic) bond motifs is 1. The highest BCUT2D eigenvalue weighted by atomic mass is 19.2. The second kappa shape index (κ2) is 4.29. The van der Waals surface area contributed by atoms with E-state index in [1.165, 1.54) is 0 Å². The van der Waals surface area contributed by atoms with Crippen LogP contribution in [0.5, 0.6) is 5.75 Å². The molecule has 0 aromatic heterocycles. The van der Waals surface area contributed by atoms with Gasteiger partial charge in [-0.15, -0.1) is 0 Å². The van der Waals surface area contributed by atoms with Crippen LogP contribution in [0, 0.1) is 34.9 Å². The van der Waals surface area contributed by atoms with Gasteiger partial charge in [0, 0.05) is 0 Å². The van der Waals surface area contributed by atoms with Crippen LogP contribution in [0.25, 0.3) is 10.8 Å². The van der Waals surface area contributed by atoms with E-state index in [-0.39, 0.29) is 0 Å². The third-order valence-corrected chi connectivity index (χ3v) is 2.59. The van der Waals surface area contributed by atoms with Crippen LogP contribution in [0.4, 0.5) is 26.3 Å². The summed E-state index contributed by atoms with van der Waals surface area (Å²) in [5.41, 5.74) is -1.72. The van der Waals surface area contributed by atoms with Gasteiger partial charge < -0.3 is 10.2 Å². The SMILES string of the molecule is O=C(O)c1c(F)c(F)c2c(F)c(F)c(F)c(F)c2c1O. The normalized spacial score (nSPS) is 11.1. The van der Waals surface area contributed by atoms with Gasteiger partial charge in [-0.2, -0.15) is 0 Å².